The monoisotopic (exact) mass is 404 g/mol. The highest BCUT2D eigenvalue weighted by Crippen LogP contribution is 2.10. The van der Waals surface area contributed by atoms with Crippen molar-refractivity contribution in [2.24, 2.45) is 0 Å². The Morgan fingerprint density at radius 3 is 1.38 bits per heavy atom. The molecular weight excluding hydrogens is 356 g/mol. The van der Waals surface area contributed by atoms with Gasteiger partial charge in [-0.1, -0.05) is 114 Å². The first-order valence-electron chi connectivity index (χ1n) is 12.4. The van der Waals surface area contributed by atoms with Crippen molar-refractivity contribution < 1.29 is 9.90 Å². The standard InChI is InChI=1S/C27H48O2/c1-2-3-4-5-6-7-8-9-10-11-12-13-14-15-16-17-18-19-20-21-22-23-24-25-26-27(28)29/h11-12,14-15,17-18H,2-10,13,16,19-26H2,1H3,(H,28,29). The molecule has 2 nitrogen and oxygen atoms in total. The lowest BCUT2D eigenvalue weighted by Crippen LogP contribution is -1.93. The van der Waals surface area contributed by atoms with Crippen molar-refractivity contribution in [1.82, 2.24) is 0 Å². The van der Waals surface area contributed by atoms with Gasteiger partial charge < -0.3 is 5.11 Å². The lowest BCUT2D eigenvalue weighted by molar-refractivity contribution is -0.137. The van der Waals surface area contributed by atoms with Gasteiger partial charge in [0.1, 0.15) is 0 Å². The molecule has 0 aliphatic carbocycles. The van der Waals surface area contributed by atoms with Crippen molar-refractivity contribution in [3.05, 3.63) is 36.5 Å². The average Bonchev–Trinajstić information content (AvgIpc) is 2.71. The van der Waals surface area contributed by atoms with E-state index in [0.29, 0.717) is 6.42 Å². The predicted octanol–water partition coefficient (Wildman–Crippen LogP) is 9.17. The Kier molecular flexibility index (Phi) is 23.6. The first kappa shape index (κ1) is 27.7. The maximum Gasteiger partial charge on any atom is 0.303 e. The second-order valence-corrected chi connectivity index (χ2v) is 8.20. The molecule has 0 atom stereocenters. The van der Waals surface area contributed by atoms with Crippen molar-refractivity contribution in [2.75, 3.05) is 0 Å². The van der Waals surface area contributed by atoms with E-state index in [1.54, 1.807) is 0 Å². The van der Waals surface area contributed by atoms with Crippen LogP contribution in [0.1, 0.15) is 129 Å². The number of carboxylic acids is 1. The fourth-order valence-corrected chi connectivity index (χ4v) is 3.42. The molecule has 0 bridgehead atoms. The van der Waals surface area contributed by atoms with Crippen molar-refractivity contribution in [1.29, 1.82) is 0 Å². The van der Waals surface area contributed by atoms with Gasteiger partial charge in [0.05, 0.1) is 0 Å². The fraction of sp³-hybridized carbons (Fsp3) is 0.741. The molecule has 0 radical (unpaired) electrons. The summed E-state index contributed by atoms with van der Waals surface area (Å²) in [5, 5.41) is 8.58. The highest BCUT2D eigenvalue weighted by molar-refractivity contribution is 5.66. The van der Waals surface area contributed by atoms with Gasteiger partial charge in [-0.05, 0) is 44.9 Å². The van der Waals surface area contributed by atoms with Gasteiger partial charge in [-0.2, -0.15) is 0 Å². The lowest BCUT2D eigenvalue weighted by atomic mass is 10.1. The molecular formula is C27H48O2. The summed E-state index contributed by atoms with van der Waals surface area (Å²) in [6.45, 7) is 2.28. The van der Waals surface area contributed by atoms with E-state index in [1.807, 2.05) is 0 Å². The number of hydrogen-bond acceptors (Lipinski definition) is 1. The largest absolute Gasteiger partial charge is 0.481 e. The minimum Gasteiger partial charge on any atom is -0.481 e. The van der Waals surface area contributed by atoms with E-state index in [0.717, 1.165) is 25.7 Å². The molecule has 168 valence electrons. The molecule has 0 spiro atoms. The number of carboxylic acid groups (broad SMARTS) is 1. The Balaban J connectivity index is 3.26. The Morgan fingerprint density at radius 2 is 0.931 bits per heavy atom. The smallest absolute Gasteiger partial charge is 0.303 e. The van der Waals surface area contributed by atoms with Crippen LogP contribution in [0.2, 0.25) is 0 Å². The molecule has 0 aromatic rings. The second-order valence-electron chi connectivity index (χ2n) is 8.20. The average molecular weight is 405 g/mol. The molecule has 0 saturated carbocycles. The van der Waals surface area contributed by atoms with Gasteiger partial charge in [0.15, 0.2) is 0 Å². The Morgan fingerprint density at radius 1 is 0.552 bits per heavy atom. The van der Waals surface area contributed by atoms with Gasteiger partial charge in [0.25, 0.3) is 0 Å². The molecule has 0 fully saturated rings. The van der Waals surface area contributed by atoms with Crippen LogP contribution in [0.15, 0.2) is 36.5 Å². The third-order valence-electron chi connectivity index (χ3n) is 5.28. The summed E-state index contributed by atoms with van der Waals surface area (Å²) in [5.41, 5.74) is 0. The SMILES string of the molecule is CCCCCCCCCCC=CCC=CCC=CCCCCCCCCC(=O)O. The minimum atomic E-state index is -0.668. The van der Waals surface area contributed by atoms with Crippen molar-refractivity contribution in [3.8, 4) is 0 Å². The molecule has 29 heavy (non-hydrogen) atoms. The summed E-state index contributed by atoms with van der Waals surface area (Å²) in [5.74, 6) is -0.668. The van der Waals surface area contributed by atoms with Crippen LogP contribution >= 0.6 is 0 Å². The molecule has 0 aromatic heterocycles. The summed E-state index contributed by atoms with van der Waals surface area (Å²) in [7, 11) is 0. The van der Waals surface area contributed by atoms with Crippen LogP contribution in [0, 0.1) is 0 Å². The molecule has 0 saturated heterocycles. The lowest BCUT2D eigenvalue weighted by Gasteiger charge is -1.99. The third-order valence-corrected chi connectivity index (χ3v) is 5.28. The number of aliphatic carboxylic acids is 1. The molecule has 0 aliphatic rings. The third kappa shape index (κ3) is 26.7. The van der Waals surface area contributed by atoms with E-state index < -0.39 is 5.97 Å². The topological polar surface area (TPSA) is 37.3 Å². The van der Waals surface area contributed by atoms with Crippen molar-refractivity contribution >= 4 is 5.97 Å². The molecule has 0 aliphatic heterocycles. The van der Waals surface area contributed by atoms with E-state index in [1.165, 1.54) is 89.9 Å². The van der Waals surface area contributed by atoms with Gasteiger partial charge in [-0.15, -0.1) is 0 Å². The van der Waals surface area contributed by atoms with E-state index in [4.69, 9.17) is 5.11 Å². The van der Waals surface area contributed by atoms with Crippen LogP contribution in [0.4, 0.5) is 0 Å². The number of unbranched alkanes of at least 4 members (excludes halogenated alkanes) is 14. The van der Waals surface area contributed by atoms with Gasteiger partial charge in [-0.25, -0.2) is 0 Å². The molecule has 0 aromatic carbocycles. The maximum atomic E-state index is 10.4. The second kappa shape index (κ2) is 24.7. The summed E-state index contributed by atoms with van der Waals surface area (Å²) in [4.78, 5) is 10.4. The molecule has 2 heteroatoms. The van der Waals surface area contributed by atoms with Crippen molar-refractivity contribution in [2.45, 2.75) is 129 Å². The highest BCUT2D eigenvalue weighted by Gasteiger charge is 1.96. The summed E-state index contributed by atoms with van der Waals surface area (Å²) < 4.78 is 0. The van der Waals surface area contributed by atoms with E-state index >= 15 is 0 Å². The Hall–Kier alpha value is -1.31. The Bertz CT molecular complexity index is 420. The first-order valence-corrected chi connectivity index (χ1v) is 12.4. The zero-order chi connectivity index (χ0) is 21.3. The summed E-state index contributed by atoms with van der Waals surface area (Å²) in [6.07, 6.45) is 36.6. The first-order chi connectivity index (χ1) is 14.3. The minimum absolute atomic E-state index is 0.325. The van der Waals surface area contributed by atoms with Crippen LogP contribution in [-0.2, 0) is 4.79 Å². The number of hydrogen-bond donors (Lipinski definition) is 1. The van der Waals surface area contributed by atoms with Gasteiger partial charge >= 0.3 is 5.97 Å². The van der Waals surface area contributed by atoms with Crippen LogP contribution < -0.4 is 0 Å². The van der Waals surface area contributed by atoms with Crippen LogP contribution in [0.3, 0.4) is 0 Å². The molecule has 1 N–H and O–H groups in total. The normalized spacial score (nSPS) is 12.0. The van der Waals surface area contributed by atoms with Gasteiger partial charge in [0.2, 0.25) is 0 Å². The van der Waals surface area contributed by atoms with Gasteiger partial charge in [-0.3, -0.25) is 4.79 Å². The number of rotatable bonds is 22. The van der Waals surface area contributed by atoms with Crippen LogP contribution in [-0.4, -0.2) is 11.1 Å². The van der Waals surface area contributed by atoms with E-state index in [9.17, 15) is 4.79 Å². The molecule has 0 heterocycles. The maximum absolute atomic E-state index is 10.4. The number of allylic oxidation sites excluding steroid dienone is 6. The van der Waals surface area contributed by atoms with E-state index in [2.05, 4.69) is 43.4 Å². The zero-order valence-corrected chi connectivity index (χ0v) is 19.3. The van der Waals surface area contributed by atoms with E-state index in [-0.39, 0.29) is 0 Å². The summed E-state index contributed by atoms with van der Waals surface area (Å²) in [6, 6.07) is 0. The summed E-state index contributed by atoms with van der Waals surface area (Å²) >= 11 is 0. The highest BCUT2D eigenvalue weighted by atomic mass is 16.4. The zero-order valence-electron chi connectivity index (χ0n) is 19.3. The predicted molar refractivity (Wildman–Crippen MR) is 128 cm³/mol. The molecule has 0 rings (SSSR count). The van der Waals surface area contributed by atoms with Crippen molar-refractivity contribution in [3.63, 3.8) is 0 Å². The van der Waals surface area contributed by atoms with Crippen LogP contribution in [0.5, 0.6) is 0 Å². The van der Waals surface area contributed by atoms with Crippen LogP contribution in [0.25, 0.3) is 0 Å². The quantitative estimate of drug-likeness (QED) is 0.144. The molecule has 0 amide bonds. The number of carbonyl (C=O) groups is 1. The molecule has 0 unspecified atom stereocenters. The Labute approximate surface area is 181 Å². The fourth-order valence-electron chi connectivity index (χ4n) is 3.42. The van der Waals surface area contributed by atoms with Gasteiger partial charge in [0, 0.05) is 6.42 Å².